The van der Waals surface area contributed by atoms with Crippen LogP contribution in [0.15, 0.2) is 24.3 Å². The number of rotatable bonds is 2. The van der Waals surface area contributed by atoms with Crippen LogP contribution in [0.2, 0.25) is 0 Å². The van der Waals surface area contributed by atoms with Gasteiger partial charge < -0.3 is 0 Å². The summed E-state index contributed by atoms with van der Waals surface area (Å²) in [6.07, 6.45) is 2.48. The summed E-state index contributed by atoms with van der Waals surface area (Å²) in [5, 5.41) is 0. The number of hydrogen-bond donors (Lipinski definition) is 0. The lowest BCUT2D eigenvalue weighted by Crippen LogP contribution is -2.06. The van der Waals surface area contributed by atoms with E-state index < -0.39 is 0 Å². The zero-order chi connectivity index (χ0) is 11.1. The Balaban J connectivity index is 1.99. The molecule has 0 amide bonds. The fourth-order valence-electron chi connectivity index (χ4n) is 2.41. The van der Waals surface area contributed by atoms with Gasteiger partial charge in [0, 0.05) is 0 Å². The topological polar surface area (TPSA) is 0 Å². The third-order valence-corrected chi connectivity index (χ3v) is 3.07. The molecule has 1 fully saturated rings. The van der Waals surface area contributed by atoms with Crippen LogP contribution in [-0.2, 0) is 0 Å². The molecule has 0 saturated heterocycles. The molecule has 15 heavy (non-hydrogen) atoms. The number of benzene rings is 1. The van der Waals surface area contributed by atoms with Gasteiger partial charge in [-0.1, -0.05) is 32.9 Å². The Morgan fingerprint density at radius 1 is 1.33 bits per heavy atom. The monoisotopic (exact) mass is 206 g/mol. The average molecular weight is 206 g/mol. The van der Waals surface area contributed by atoms with Gasteiger partial charge in [-0.05, 0) is 47.8 Å². The summed E-state index contributed by atoms with van der Waals surface area (Å²) < 4.78 is 13.0. The van der Waals surface area contributed by atoms with Gasteiger partial charge in [0.2, 0.25) is 0 Å². The van der Waals surface area contributed by atoms with E-state index in [1.807, 2.05) is 6.07 Å². The normalized spacial score (nSPS) is 25.3. The van der Waals surface area contributed by atoms with Crippen molar-refractivity contribution in [1.82, 2.24) is 0 Å². The number of hydrogen-bond acceptors (Lipinski definition) is 0. The van der Waals surface area contributed by atoms with Crippen molar-refractivity contribution in [2.24, 2.45) is 11.3 Å². The Hall–Kier alpha value is -0.850. The summed E-state index contributed by atoms with van der Waals surface area (Å²) in [7, 11) is 0. The van der Waals surface area contributed by atoms with E-state index in [-0.39, 0.29) is 5.82 Å². The summed E-state index contributed by atoms with van der Waals surface area (Å²) in [5.41, 5.74) is 1.58. The van der Waals surface area contributed by atoms with Crippen molar-refractivity contribution in [2.45, 2.75) is 39.5 Å². The molecule has 0 spiro atoms. The maximum Gasteiger partial charge on any atom is 0.123 e. The third kappa shape index (κ3) is 2.80. The molecule has 1 saturated carbocycles. The highest BCUT2D eigenvalue weighted by Crippen LogP contribution is 2.52. The van der Waals surface area contributed by atoms with Crippen molar-refractivity contribution in [1.29, 1.82) is 0 Å². The molecule has 0 nitrogen and oxygen atoms in total. The summed E-state index contributed by atoms with van der Waals surface area (Å²) in [5.74, 6) is 1.28. The fraction of sp³-hybridized carbons (Fsp3) is 0.571. The van der Waals surface area contributed by atoms with E-state index in [4.69, 9.17) is 0 Å². The molecule has 1 aromatic carbocycles. The van der Waals surface area contributed by atoms with Crippen molar-refractivity contribution < 1.29 is 4.39 Å². The van der Waals surface area contributed by atoms with Crippen LogP contribution in [0.25, 0.3) is 0 Å². The van der Waals surface area contributed by atoms with Crippen LogP contribution in [0.4, 0.5) is 4.39 Å². The van der Waals surface area contributed by atoms with Crippen molar-refractivity contribution >= 4 is 0 Å². The quantitative estimate of drug-likeness (QED) is 0.674. The zero-order valence-corrected chi connectivity index (χ0v) is 9.76. The first-order valence-electron chi connectivity index (χ1n) is 5.71. The SMILES string of the molecule is CC(C)(C)CC1CC1c1cccc(F)c1. The highest BCUT2D eigenvalue weighted by molar-refractivity contribution is 5.26. The predicted octanol–water partition coefficient (Wildman–Crippen LogP) is 4.37. The number of halogens is 1. The van der Waals surface area contributed by atoms with Gasteiger partial charge in [-0.3, -0.25) is 0 Å². The van der Waals surface area contributed by atoms with Crippen molar-refractivity contribution in [3.8, 4) is 0 Å². The molecule has 0 heterocycles. The van der Waals surface area contributed by atoms with Gasteiger partial charge in [-0.25, -0.2) is 4.39 Å². The van der Waals surface area contributed by atoms with Crippen molar-refractivity contribution in [3.05, 3.63) is 35.6 Å². The van der Waals surface area contributed by atoms with Crippen molar-refractivity contribution in [2.75, 3.05) is 0 Å². The van der Waals surface area contributed by atoms with Crippen LogP contribution < -0.4 is 0 Å². The molecule has 2 atom stereocenters. The minimum Gasteiger partial charge on any atom is -0.207 e. The van der Waals surface area contributed by atoms with E-state index in [9.17, 15) is 4.39 Å². The average Bonchev–Trinajstić information content (AvgIpc) is 2.80. The first-order chi connectivity index (χ1) is 6.96. The lowest BCUT2D eigenvalue weighted by molar-refractivity contribution is 0.350. The summed E-state index contributed by atoms with van der Waals surface area (Å²) in [6, 6.07) is 7.07. The van der Waals surface area contributed by atoms with Crippen molar-refractivity contribution in [3.63, 3.8) is 0 Å². The summed E-state index contributed by atoms with van der Waals surface area (Å²) in [6.45, 7) is 6.82. The van der Waals surface area contributed by atoms with Gasteiger partial charge in [0.25, 0.3) is 0 Å². The summed E-state index contributed by atoms with van der Waals surface area (Å²) >= 11 is 0. The van der Waals surface area contributed by atoms with Crippen LogP contribution in [0.5, 0.6) is 0 Å². The first kappa shape index (κ1) is 10.7. The zero-order valence-electron chi connectivity index (χ0n) is 9.76. The van der Waals surface area contributed by atoms with Gasteiger partial charge >= 0.3 is 0 Å². The van der Waals surface area contributed by atoms with E-state index in [0.717, 1.165) is 5.92 Å². The molecular weight excluding hydrogens is 187 g/mol. The minimum absolute atomic E-state index is 0.103. The van der Waals surface area contributed by atoms with E-state index in [1.54, 1.807) is 6.07 Å². The molecule has 0 N–H and O–H groups in total. The van der Waals surface area contributed by atoms with Gasteiger partial charge in [-0.2, -0.15) is 0 Å². The van der Waals surface area contributed by atoms with Crippen LogP contribution in [0, 0.1) is 17.2 Å². The van der Waals surface area contributed by atoms with E-state index in [0.29, 0.717) is 11.3 Å². The van der Waals surface area contributed by atoms with E-state index in [2.05, 4.69) is 26.8 Å². The molecule has 82 valence electrons. The van der Waals surface area contributed by atoms with Gasteiger partial charge in [0.1, 0.15) is 5.82 Å². The highest BCUT2D eigenvalue weighted by Gasteiger charge is 2.40. The third-order valence-electron chi connectivity index (χ3n) is 3.07. The largest absolute Gasteiger partial charge is 0.207 e. The maximum absolute atomic E-state index is 13.0. The Kier molecular flexibility index (Phi) is 2.57. The van der Waals surface area contributed by atoms with Gasteiger partial charge in [-0.15, -0.1) is 0 Å². The maximum atomic E-state index is 13.0. The van der Waals surface area contributed by atoms with Gasteiger partial charge in [0.15, 0.2) is 0 Å². The van der Waals surface area contributed by atoms with Crippen LogP contribution in [0.3, 0.4) is 0 Å². The molecule has 1 aliphatic rings. The molecule has 0 bridgehead atoms. The second kappa shape index (κ2) is 3.62. The predicted molar refractivity (Wildman–Crippen MR) is 61.3 cm³/mol. The van der Waals surface area contributed by atoms with Crippen LogP contribution in [0.1, 0.15) is 45.1 Å². The molecule has 2 rings (SSSR count). The van der Waals surface area contributed by atoms with E-state index >= 15 is 0 Å². The van der Waals surface area contributed by atoms with Crippen LogP contribution >= 0.6 is 0 Å². The Labute approximate surface area is 91.5 Å². The fourth-order valence-corrected chi connectivity index (χ4v) is 2.41. The van der Waals surface area contributed by atoms with Crippen LogP contribution in [-0.4, -0.2) is 0 Å². The highest BCUT2D eigenvalue weighted by atomic mass is 19.1. The molecule has 2 unspecified atom stereocenters. The lowest BCUT2D eigenvalue weighted by Gasteiger charge is -2.17. The minimum atomic E-state index is -0.103. The molecular formula is C14H19F. The molecule has 1 aromatic rings. The smallest absolute Gasteiger partial charge is 0.123 e. The Bertz CT molecular complexity index is 349. The molecule has 0 aromatic heterocycles. The van der Waals surface area contributed by atoms with Gasteiger partial charge in [0.05, 0.1) is 0 Å². The summed E-state index contributed by atoms with van der Waals surface area (Å²) in [4.78, 5) is 0. The second-order valence-electron chi connectivity index (χ2n) is 5.92. The molecule has 0 aliphatic heterocycles. The Morgan fingerprint density at radius 3 is 2.67 bits per heavy atom. The standard InChI is InChI=1S/C14H19F/c1-14(2,3)9-11-8-13(11)10-5-4-6-12(15)7-10/h4-7,11,13H,8-9H2,1-3H3. The molecule has 1 heteroatoms. The Morgan fingerprint density at radius 2 is 2.07 bits per heavy atom. The second-order valence-corrected chi connectivity index (χ2v) is 5.92. The van der Waals surface area contributed by atoms with E-state index in [1.165, 1.54) is 24.5 Å². The molecule has 0 radical (unpaired) electrons. The lowest BCUT2D eigenvalue weighted by atomic mass is 9.88. The first-order valence-corrected chi connectivity index (χ1v) is 5.71. The molecule has 1 aliphatic carbocycles.